The Morgan fingerprint density at radius 3 is 2.62 bits per heavy atom. The monoisotopic (exact) mass is 343 g/mol. The third-order valence-corrected chi connectivity index (χ3v) is 4.65. The fraction of sp³-hybridized carbons (Fsp3) is 0.278. The number of halogens is 1. The summed E-state index contributed by atoms with van der Waals surface area (Å²) < 4.78 is 16.0. The van der Waals surface area contributed by atoms with Gasteiger partial charge in [-0.15, -0.1) is 0 Å². The first-order valence-electron chi connectivity index (χ1n) is 7.79. The SMILES string of the molecule is CCC(C)n1c(=O)ccc2c(-c3ccccc3F)nc(SC)nc21. The zero-order valence-electron chi connectivity index (χ0n) is 13.8. The molecule has 0 N–H and O–H groups in total. The summed E-state index contributed by atoms with van der Waals surface area (Å²) in [7, 11) is 0. The highest BCUT2D eigenvalue weighted by atomic mass is 32.2. The summed E-state index contributed by atoms with van der Waals surface area (Å²) in [4.78, 5) is 21.4. The van der Waals surface area contributed by atoms with Crippen molar-refractivity contribution in [3.05, 3.63) is 52.6 Å². The van der Waals surface area contributed by atoms with Gasteiger partial charge in [-0.3, -0.25) is 9.36 Å². The molecule has 2 heterocycles. The van der Waals surface area contributed by atoms with Crippen LogP contribution >= 0.6 is 11.8 Å². The number of pyridine rings is 1. The van der Waals surface area contributed by atoms with Crippen molar-refractivity contribution < 1.29 is 4.39 Å². The predicted octanol–water partition coefficient (Wildman–Crippen LogP) is 4.29. The quantitative estimate of drug-likeness (QED) is 0.524. The Hall–Kier alpha value is -2.21. The lowest BCUT2D eigenvalue weighted by molar-refractivity contribution is 0.526. The lowest BCUT2D eigenvalue weighted by atomic mass is 10.1. The van der Waals surface area contributed by atoms with Crippen LogP contribution in [0.4, 0.5) is 4.39 Å². The molecule has 4 nitrogen and oxygen atoms in total. The van der Waals surface area contributed by atoms with E-state index in [0.717, 1.165) is 6.42 Å². The van der Waals surface area contributed by atoms with E-state index >= 15 is 0 Å². The van der Waals surface area contributed by atoms with Crippen molar-refractivity contribution in [1.82, 2.24) is 14.5 Å². The van der Waals surface area contributed by atoms with Gasteiger partial charge in [0.05, 0.1) is 5.69 Å². The zero-order chi connectivity index (χ0) is 17.3. The average Bonchev–Trinajstić information content (AvgIpc) is 2.60. The molecule has 0 saturated heterocycles. The van der Waals surface area contributed by atoms with Gasteiger partial charge < -0.3 is 0 Å². The van der Waals surface area contributed by atoms with Crippen LogP contribution in [0.5, 0.6) is 0 Å². The van der Waals surface area contributed by atoms with E-state index in [2.05, 4.69) is 9.97 Å². The van der Waals surface area contributed by atoms with Gasteiger partial charge in [-0.2, -0.15) is 0 Å². The van der Waals surface area contributed by atoms with E-state index in [0.29, 0.717) is 27.4 Å². The molecule has 0 saturated carbocycles. The van der Waals surface area contributed by atoms with Crippen LogP contribution in [0.2, 0.25) is 0 Å². The average molecular weight is 343 g/mol. The minimum absolute atomic E-state index is 0.000670. The molecule has 1 aromatic carbocycles. The van der Waals surface area contributed by atoms with E-state index in [9.17, 15) is 9.18 Å². The molecule has 0 aliphatic rings. The van der Waals surface area contributed by atoms with E-state index in [4.69, 9.17) is 0 Å². The third kappa shape index (κ3) is 2.82. The first-order chi connectivity index (χ1) is 11.6. The maximum atomic E-state index is 14.3. The van der Waals surface area contributed by atoms with Crippen LogP contribution in [0.15, 0.2) is 46.3 Å². The minimum atomic E-state index is -0.342. The Balaban J connectivity index is 2.43. The molecule has 0 amide bonds. The van der Waals surface area contributed by atoms with E-state index in [1.165, 1.54) is 23.9 Å². The number of hydrogen-bond acceptors (Lipinski definition) is 4. The van der Waals surface area contributed by atoms with Crippen LogP contribution in [0.1, 0.15) is 26.3 Å². The first kappa shape index (κ1) is 16.6. The normalized spacial score (nSPS) is 12.5. The summed E-state index contributed by atoms with van der Waals surface area (Å²) in [6, 6.07) is 9.71. The second-order valence-corrected chi connectivity index (χ2v) is 6.35. The molecule has 24 heavy (non-hydrogen) atoms. The summed E-state index contributed by atoms with van der Waals surface area (Å²) in [5, 5.41) is 1.20. The fourth-order valence-corrected chi connectivity index (χ4v) is 3.03. The van der Waals surface area contributed by atoms with Gasteiger partial charge >= 0.3 is 0 Å². The number of rotatable bonds is 4. The number of hydrogen-bond donors (Lipinski definition) is 0. The van der Waals surface area contributed by atoms with Crippen LogP contribution in [0.3, 0.4) is 0 Å². The molecule has 3 rings (SSSR count). The second-order valence-electron chi connectivity index (χ2n) is 5.57. The Morgan fingerprint density at radius 2 is 1.96 bits per heavy atom. The molecule has 6 heteroatoms. The van der Waals surface area contributed by atoms with Gasteiger partial charge in [0, 0.05) is 23.1 Å². The van der Waals surface area contributed by atoms with Crippen LogP contribution in [0.25, 0.3) is 22.3 Å². The van der Waals surface area contributed by atoms with Crippen molar-refractivity contribution in [2.24, 2.45) is 0 Å². The largest absolute Gasteiger partial charge is 0.290 e. The van der Waals surface area contributed by atoms with E-state index in [-0.39, 0.29) is 17.4 Å². The van der Waals surface area contributed by atoms with Gasteiger partial charge in [0.2, 0.25) is 0 Å². The highest BCUT2D eigenvalue weighted by molar-refractivity contribution is 7.98. The lowest BCUT2D eigenvalue weighted by Gasteiger charge is -2.17. The zero-order valence-corrected chi connectivity index (χ0v) is 14.6. The summed E-state index contributed by atoms with van der Waals surface area (Å²) in [5.41, 5.74) is 1.37. The summed E-state index contributed by atoms with van der Waals surface area (Å²) in [6.45, 7) is 3.99. The maximum Gasteiger partial charge on any atom is 0.252 e. The standard InChI is InChI=1S/C18H18FN3OS/c1-4-11(2)22-15(23)10-9-13-16(12-7-5-6-8-14(12)19)20-18(24-3)21-17(13)22/h5-11H,4H2,1-3H3. The molecule has 1 atom stereocenters. The van der Waals surface area contributed by atoms with Crippen LogP contribution in [-0.4, -0.2) is 20.8 Å². The number of thioether (sulfide) groups is 1. The van der Waals surface area contributed by atoms with Gasteiger partial charge in [-0.1, -0.05) is 30.8 Å². The number of fused-ring (bicyclic) bond motifs is 1. The second kappa shape index (κ2) is 6.73. The van der Waals surface area contributed by atoms with Crippen molar-refractivity contribution >= 4 is 22.8 Å². The minimum Gasteiger partial charge on any atom is -0.290 e. The molecular weight excluding hydrogens is 325 g/mol. The van der Waals surface area contributed by atoms with Gasteiger partial charge in [-0.05, 0) is 37.8 Å². The van der Waals surface area contributed by atoms with Crippen molar-refractivity contribution in [3.8, 4) is 11.3 Å². The summed E-state index contributed by atoms with van der Waals surface area (Å²) in [5.74, 6) is -0.342. The van der Waals surface area contributed by atoms with Gasteiger partial charge in [0.1, 0.15) is 11.5 Å². The molecule has 0 radical (unpaired) electrons. The van der Waals surface area contributed by atoms with Crippen LogP contribution in [0, 0.1) is 5.82 Å². The maximum absolute atomic E-state index is 14.3. The van der Waals surface area contributed by atoms with Crippen LogP contribution in [-0.2, 0) is 0 Å². The lowest BCUT2D eigenvalue weighted by Crippen LogP contribution is -2.23. The topological polar surface area (TPSA) is 47.8 Å². The van der Waals surface area contributed by atoms with Gasteiger partial charge in [0.15, 0.2) is 5.16 Å². The molecule has 0 aliphatic carbocycles. The molecule has 3 aromatic rings. The highest BCUT2D eigenvalue weighted by Crippen LogP contribution is 2.30. The third-order valence-electron chi connectivity index (χ3n) is 4.11. The van der Waals surface area contributed by atoms with Crippen molar-refractivity contribution in [2.45, 2.75) is 31.5 Å². The number of benzene rings is 1. The summed E-state index contributed by atoms with van der Waals surface area (Å²) in [6.07, 6.45) is 2.66. The van der Waals surface area contributed by atoms with E-state index in [1.54, 1.807) is 28.8 Å². The van der Waals surface area contributed by atoms with Crippen molar-refractivity contribution in [3.63, 3.8) is 0 Å². The molecule has 1 unspecified atom stereocenters. The van der Waals surface area contributed by atoms with Gasteiger partial charge in [0.25, 0.3) is 5.56 Å². The van der Waals surface area contributed by atoms with Crippen molar-refractivity contribution in [2.75, 3.05) is 6.26 Å². The highest BCUT2D eigenvalue weighted by Gasteiger charge is 2.17. The van der Waals surface area contributed by atoms with Gasteiger partial charge in [-0.25, -0.2) is 14.4 Å². The number of aromatic nitrogens is 3. The molecule has 0 aliphatic heterocycles. The molecule has 0 spiro atoms. The van der Waals surface area contributed by atoms with E-state index < -0.39 is 0 Å². The summed E-state index contributed by atoms with van der Waals surface area (Å²) >= 11 is 1.37. The number of nitrogens with zero attached hydrogens (tertiary/aromatic N) is 3. The molecule has 124 valence electrons. The van der Waals surface area contributed by atoms with E-state index in [1.807, 2.05) is 20.1 Å². The fourth-order valence-electron chi connectivity index (χ4n) is 2.67. The predicted molar refractivity (Wildman–Crippen MR) is 96.0 cm³/mol. The molecule has 0 fully saturated rings. The Bertz CT molecular complexity index is 955. The molecule has 0 bridgehead atoms. The molecular formula is C18H18FN3OS. The molecule has 2 aromatic heterocycles. The Labute approximate surface area is 143 Å². The Morgan fingerprint density at radius 1 is 1.21 bits per heavy atom. The smallest absolute Gasteiger partial charge is 0.252 e. The van der Waals surface area contributed by atoms with Crippen LogP contribution < -0.4 is 5.56 Å². The first-order valence-corrected chi connectivity index (χ1v) is 9.01. The Kier molecular flexibility index (Phi) is 4.66. The van der Waals surface area contributed by atoms with Crippen molar-refractivity contribution in [1.29, 1.82) is 0 Å².